The number of carbonyl (C=O) groups excluding carboxylic acids is 1. The average Bonchev–Trinajstić information content (AvgIpc) is 3.07. The molecule has 0 radical (unpaired) electrons. The number of piperidine rings is 1. The van der Waals surface area contributed by atoms with Gasteiger partial charge in [-0.05, 0) is 31.9 Å². The maximum atomic E-state index is 12.8. The first-order valence-corrected chi connectivity index (χ1v) is 9.28. The van der Waals surface area contributed by atoms with E-state index in [4.69, 9.17) is 4.98 Å². The lowest BCUT2D eigenvalue weighted by molar-refractivity contribution is 0.0706. The van der Waals surface area contributed by atoms with E-state index in [0.29, 0.717) is 6.54 Å². The van der Waals surface area contributed by atoms with Crippen molar-refractivity contribution < 1.29 is 4.79 Å². The smallest absolute Gasteiger partial charge is 0.253 e. The Kier molecular flexibility index (Phi) is 4.71. The quantitative estimate of drug-likeness (QED) is 0.719. The van der Waals surface area contributed by atoms with Gasteiger partial charge in [-0.1, -0.05) is 18.2 Å². The average molecular weight is 361 g/mol. The second-order valence-electron chi connectivity index (χ2n) is 7.04. The molecule has 6 nitrogen and oxygen atoms in total. The maximum Gasteiger partial charge on any atom is 0.253 e. The highest BCUT2D eigenvalue weighted by atomic mass is 16.2. The third kappa shape index (κ3) is 3.47. The molecule has 1 amide bonds. The molecule has 138 valence electrons. The van der Waals surface area contributed by atoms with Crippen molar-refractivity contribution in [2.45, 2.75) is 25.7 Å². The zero-order chi connectivity index (χ0) is 18.8. The SMILES string of the molecule is Cc1ncc(-c2cncc(C3CCCN(C(=O)c4ccccc4)C3)n2)n1C. The molecule has 1 aliphatic heterocycles. The summed E-state index contributed by atoms with van der Waals surface area (Å²) < 4.78 is 2.01. The Morgan fingerprint density at radius 3 is 2.70 bits per heavy atom. The van der Waals surface area contributed by atoms with Gasteiger partial charge >= 0.3 is 0 Å². The van der Waals surface area contributed by atoms with Gasteiger partial charge in [-0.2, -0.15) is 0 Å². The molecule has 27 heavy (non-hydrogen) atoms. The third-order valence-electron chi connectivity index (χ3n) is 5.28. The van der Waals surface area contributed by atoms with Gasteiger partial charge in [0.25, 0.3) is 5.91 Å². The van der Waals surface area contributed by atoms with Crippen molar-refractivity contribution in [3.63, 3.8) is 0 Å². The van der Waals surface area contributed by atoms with Crippen LogP contribution in [0.3, 0.4) is 0 Å². The first-order valence-electron chi connectivity index (χ1n) is 9.28. The lowest BCUT2D eigenvalue weighted by atomic mass is 9.94. The molecule has 1 saturated heterocycles. The summed E-state index contributed by atoms with van der Waals surface area (Å²) in [5.74, 6) is 1.23. The number of benzene rings is 1. The van der Waals surface area contributed by atoms with Crippen molar-refractivity contribution in [3.8, 4) is 11.4 Å². The van der Waals surface area contributed by atoms with Crippen LogP contribution in [0.2, 0.25) is 0 Å². The first kappa shape index (κ1) is 17.4. The molecule has 1 atom stereocenters. The van der Waals surface area contributed by atoms with Crippen LogP contribution in [-0.2, 0) is 7.05 Å². The fraction of sp³-hybridized carbons (Fsp3) is 0.333. The Morgan fingerprint density at radius 2 is 1.96 bits per heavy atom. The van der Waals surface area contributed by atoms with Crippen molar-refractivity contribution in [3.05, 3.63) is 66.0 Å². The number of amides is 1. The number of hydrogen-bond acceptors (Lipinski definition) is 4. The first-order chi connectivity index (χ1) is 13.1. The van der Waals surface area contributed by atoms with E-state index in [1.165, 1.54) is 0 Å². The molecule has 0 N–H and O–H groups in total. The minimum Gasteiger partial charge on any atom is -0.338 e. The van der Waals surface area contributed by atoms with Crippen LogP contribution in [0, 0.1) is 6.92 Å². The number of nitrogens with zero attached hydrogens (tertiary/aromatic N) is 5. The Hall–Kier alpha value is -3.02. The van der Waals surface area contributed by atoms with E-state index in [-0.39, 0.29) is 11.8 Å². The zero-order valence-electron chi connectivity index (χ0n) is 15.7. The van der Waals surface area contributed by atoms with E-state index in [0.717, 1.165) is 47.9 Å². The summed E-state index contributed by atoms with van der Waals surface area (Å²) >= 11 is 0. The third-order valence-corrected chi connectivity index (χ3v) is 5.28. The van der Waals surface area contributed by atoms with E-state index in [1.807, 2.05) is 66.2 Å². The predicted molar refractivity (Wildman–Crippen MR) is 103 cm³/mol. The van der Waals surface area contributed by atoms with Gasteiger partial charge in [0.05, 0.1) is 23.8 Å². The van der Waals surface area contributed by atoms with Crippen molar-refractivity contribution in [2.75, 3.05) is 13.1 Å². The molecule has 1 aromatic carbocycles. The monoisotopic (exact) mass is 361 g/mol. The van der Waals surface area contributed by atoms with Crippen LogP contribution in [0.1, 0.15) is 40.6 Å². The largest absolute Gasteiger partial charge is 0.338 e. The molecular weight excluding hydrogens is 338 g/mol. The minimum atomic E-state index is 0.0895. The standard InChI is InChI=1S/C21H23N5O/c1-15-23-13-20(25(15)2)19-12-22-11-18(24-19)17-9-6-10-26(14-17)21(27)16-7-4-3-5-8-16/h3-5,7-8,11-13,17H,6,9-10,14H2,1-2H3. The van der Waals surface area contributed by atoms with Crippen LogP contribution in [-0.4, -0.2) is 43.4 Å². The molecular formula is C21H23N5O. The zero-order valence-corrected chi connectivity index (χ0v) is 15.7. The van der Waals surface area contributed by atoms with Crippen LogP contribution in [0.15, 0.2) is 48.9 Å². The molecule has 0 bridgehead atoms. The molecule has 3 heterocycles. The van der Waals surface area contributed by atoms with Gasteiger partial charge in [-0.3, -0.25) is 9.78 Å². The van der Waals surface area contributed by atoms with Gasteiger partial charge < -0.3 is 9.47 Å². The lowest BCUT2D eigenvalue weighted by Crippen LogP contribution is -2.39. The number of hydrogen-bond donors (Lipinski definition) is 0. The summed E-state index contributed by atoms with van der Waals surface area (Å²) in [5, 5.41) is 0. The van der Waals surface area contributed by atoms with Crippen molar-refractivity contribution in [1.82, 2.24) is 24.4 Å². The van der Waals surface area contributed by atoms with Crippen LogP contribution in [0.25, 0.3) is 11.4 Å². The van der Waals surface area contributed by atoms with Gasteiger partial charge in [-0.25, -0.2) is 9.97 Å². The predicted octanol–water partition coefficient (Wildman–Crippen LogP) is 3.21. The minimum absolute atomic E-state index is 0.0895. The van der Waals surface area contributed by atoms with Crippen molar-refractivity contribution >= 4 is 5.91 Å². The second kappa shape index (κ2) is 7.31. The van der Waals surface area contributed by atoms with Gasteiger partial charge in [0, 0.05) is 37.8 Å². The number of imidazole rings is 1. The fourth-order valence-corrected chi connectivity index (χ4v) is 3.61. The Labute approximate surface area is 158 Å². The van der Waals surface area contributed by atoms with Crippen molar-refractivity contribution in [1.29, 1.82) is 0 Å². The highest BCUT2D eigenvalue weighted by Crippen LogP contribution is 2.28. The Morgan fingerprint density at radius 1 is 1.15 bits per heavy atom. The topological polar surface area (TPSA) is 63.9 Å². The normalized spacial score (nSPS) is 17.1. The van der Waals surface area contributed by atoms with E-state index in [2.05, 4.69) is 9.97 Å². The summed E-state index contributed by atoms with van der Waals surface area (Å²) in [6.45, 7) is 3.43. The van der Waals surface area contributed by atoms with E-state index in [9.17, 15) is 4.79 Å². The molecule has 1 aliphatic rings. The van der Waals surface area contributed by atoms with Crippen molar-refractivity contribution in [2.24, 2.45) is 7.05 Å². The Bertz CT molecular complexity index is 950. The lowest BCUT2D eigenvalue weighted by Gasteiger charge is -2.32. The highest BCUT2D eigenvalue weighted by Gasteiger charge is 2.26. The summed E-state index contributed by atoms with van der Waals surface area (Å²) in [6.07, 6.45) is 7.42. The number of carbonyl (C=O) groups is 1. The van der Waals surface area contributed by atoms with Gasteiger partial charge in [0.2, 0.25) is 0 Å². The number of likely N-dealkylation sites (tertiary alicyclic amines) is 1. The van der Waals surface area contributed by atoms with Crippen LogP contribution in [0.4, 0.5) is 0 Å². The summed E-state index contributed by atoms with van der Waals surface area (Å²) in [4.78, 5) is 28.3. The molecule has 1 fully saturated rings. The highest BCUT2D eigenvalue weighted by molar-refractivity contribution is 5.94. The Balaban J connectivity index is 1.56. The van der Waals surface area contributed by atoms with E-state index < -0.39 is 0 Å². The van der Waals surface area contributed by atoms with Gasteiger partial charge in [-0.15, -0.1) is 0 Å². The molecule has 1 unspecified atom stereocenters. The molecule has 3 aromatic rings. The molecule has 0 spiro atoms. The summed E-state index contributed by atoms with van der Waals surface area (Å²) in [6, 6.07) is 9.48. The molecule has 6 heteroatoms. The maximum absolute atomic E-state index is 12.8. The molecule has 4 rings (SSSR count). The number of aryl methyl sites for hydroxylation is 1. The number of rotatable bonds is 3. The molecule has 2 aromatic heterocycles. The van der Waals surface area contributed by atoms with Gasteiger partial charge in [0.1, 0.15) is 11.5 Å². The number of aromatic nitrogens is 4. The molecule has 0 saturated carbocycles. The summed E-state index contributed by atoms with van der Waals surface area (Å²) in [7, 11) is 1.98. The summed E-state index contributed by atoms with van der Waals surface area (Å²) in [5.41, 5.74) is 3.46. The van der Waals surface area contributed by atoms with Crippen LogP contribution in [0.5, 0.6) is 0 Å². The molecule has 0 aliphatic carbocycles. The fourth-order valence-electron chi connectivity index (χ4n) is 3.61. The van der Waals surface area contributed by atoms with Crippen LogP contribution >= 0.6 is 0 Å². The van der Waals surface area contributed by atoms with Gasteiger partial charge in [0.15, 0.2) is 0 Å². The second-order valence-corrected chi connectivity index (χ2v) is 7.04. The van der Waals surface area contributed by atoms with E-state index >= 15 is 0 Å². The van der Waals surface area contributed by atoms with Crippen LogP contribution < -0.4 is 0 Å². The van der Waals surface area contributed by atoms with E-state index in [1.54, 1.807) is 6.20 Å².